The van der Waals surface area contributed by atoms with E-state index in [0.717, 1.165) is 12.2 Å². The van der Waals surface area contributed by atoms with Crippen molar-refractivity contribution in [2.75, 3.05) is 11.4 Å². The van der Waals surface area contributed by atoms with Crippen LogP contribution in [0.15, 0.2) is 54.7 Å². The fourth-order valence-corrected chi connectivity index (χ4v) is 5.52. The Balaban J connectivity index is 1.65. The monoisotopic (exact) mass is 373 g/mol. The van der Waals surface area contributed by atoms with E-state index in [2.05, 4.69) is 88.6 Å². The average Bonchev–Trinajstić information content (AvgIpc) is 2.95. The smallest absolute Gasteiger partial charge is 0.0443 e. The van der Waals surface area contributed by atoms with Gasteiger partial charge in [-0.2, -0.15) is 0 Å². The summed E-state index contributed by atoms with van der Waals surface area (Å²) in [5, 5.41) is 0. The summed E-state index contributed by atoms with van der Waals surface area (Å²) in [6.45, 7) is 17.0. The maximum absolute atomic E-state index is 4.23. The summed E-state index contributed by atoms with van der Waals surface area (Å²) in [4.78, 5) is 2.41. The number of rotatable bonds is 3. The Morgan fingerprint density at radius 2 is 1.86 bits per heavy atom. The molecular weight excluding hydrogens is 338 g/mol. The number of hydrogen-bond donors (Lipinski definition) is 0. The molecule has 148 valence electrons. The van der Waals surface area contributed by atoms with E-state index < -0.39 is 0 Å². The van der Waals surface area contributed by atoms with Crippen LogP contribution in [0, 0.1) is 11.3 Å². The average molecular weight is 374 g/mol. The quantitative estimate of drug-likeness (QED) is 0.555. The molecule has 0 fully saturated rings. The van der Waals surface area contributed by atoms with Crippen molar-refractivity contribution < 1.29 is 0 Å². The molecular formula is C27H35N. The van der Waals surface area contributed by atoms with Crippen molar-refractivity contribution in [1.82, 2.24) is 0 Å². The third-order valence-corrected chi connectivity index (χ3v) is 7.14. The second-order valence-electron chi connectivity index (χ2n) is 10.1. The molecule has 28 heavy (non-hydrogen) atoms. The molecule has 1 heteroatoms. The van der Waals surface area contributed by atoms with Crippen LogP contribution in [-0.2, 0) is 12.8 Å². The fourth-order valence-electron chi connectivity index (χ4n) is 5.52. The molecule has 0 amide bonds. The molecule has 1 aliphatic carbocycles. The summed E-state index contributed by atoms with van der Waals surface area (Å²) >= 11 is 0. The number of hydrogen-bond acceptors (Lipinski definition) is 1. The Bertz CT molecular complexity index is 885. The molecule has 0 N–H and O–H groups in total. The van der Waals surface area contributed by atoms with E-state index in [-0.39, 0.29) is 5.41 Å². The fraction of sp³-hybridized carbons (Fsp3) is 0.481. The Labute approximate surface area is 171 Å². The van der Waals surface area contributed by atoms with Gasteiger partial charge in [-0.1, -0.05) is 70.7 Å². The molecule has 0 bridgehead atoms. The molecule has 3 unspecified atom stereocenters. The van der Waals surface area contributed by atoms with Crippen molar-refractivity contribution in [3.63, 3.8) is 0 Å². The normalized spacial score (nSPS) is 24.0. The summed E-state index contributed by atoms with van der Waals surface area (Å²) in [5.41, 5.74) is 8.96. The Hall–Kier alpha value is -2.02. The third-order valence-electron chi connectivity index (χ3n) is 7.14. The lowest BCUT2D eigenvalue weighted by molar-refractivity contribution is 0.300. The molecule has 2 aliphatic rings. The van der Waals surface area contributed by atoms with Gasteiger partial charge in [0.25, 0.3) is 0 Å². The van der Waals surface area contributed by atoms with Crippen molar-refractivity contribution in [1.29, 1.82) is 0 Å². The number of nitrogens with zero attached hydrogens (tertiary/aromatic N) is 1. The number of fused-ring (bicyclic) bond motifs is 2. The summed E-state index contributed by atoms with van der Waals surface area (Å²) < 4.78 is 0. The third kappa shape index (κ3) is 3.41. The lowest BCUT2D eigenvalue weighted by atomic mass is 9.71. The minimum atomic E-state index is 0.283. The first-order chi connectivity index (χ1) is 13.3. The lowest BCUT2D eigenvalue weighted by Crippen LogP contribution is -2.33. The predicted molar refractivity (Wildman–Crippen MR) is 121 cm³/mol. The zero-order valence-electron chi connectivity index (χ0n) is 18.3. The van der Waals surface area contributed by atoms with Crippen molar-refractivity contribution in [3.8, 4) is 0 Å². The first kappa shape index (κ1) is 19.3. The van der Waals surface area contributed by atoms with E-state index in [1.54, 1.807) is 11.1 Å². The highest BCUT2D eigenvalue weighted by Gasteiger charge is 2.34. The van der Waals surface area contributed by atoms with E-state index in [4.69, 9.17) is 0 Å². The van der Waals surface area contributed by atoms with Crippen LogP contribution in [0.2, 0.25) is 0 Å². The second kappa shape index (κ2) is 7.10. The van der Waals surface area contributed by atoms with E-state index in [9.17, 15) is 0 Å². The van der Waals surface area contributed by atoms with Gasteiger partial charge in [0.15, 0.2) is 0 Å². The standard InChI is InChI=1S/C27H35N/c1-18(2)28-14-13-25(27(4,5)6)24-16-20(11-12-26(24)28)15-22-17-21-9-7-8-10-23(21)19(22)3/h7-12,16,19,22,25H,1,13-15,17H2,2-6H3. The molecule has 1 nitrogen and oxygen atoms in total. The number of allylic oxidation sites excluding steroid dienone is 1. The van der Waals surface area contributed by atoms with Crippen LogP contribution >= 0.6 is 0 Å². The molecule has 0 saturated carbocycles. The minimum Gasteiger partial charge on any atom is -0.346 e. The van der Waals surface area contributed by atoms with Crippen LogP contribution < -0.4 is 4.90 Å². The van der Waals surface area contributed by atoms with Crippen LogP contribution in [0.25, 0.3) is 0 Å². The molecule has 4 rings (SSSR count). The van der Waals surface area contributed by atoms with Gasteiger partial charge >= 0.3 is 0 Å². The summed E-state index contributed by atoms with van der Waals surface area (Å²) in [5.74, 6) is 1.97. The summed E-state index contributed by atoms with van der Waals surface area (Å²) in [6.07, 6.45) is 3.60. The zero-order chi connectivity index (χ0) is 20.1. The second-order valence-corrected chi connectivity index (χ2v) is 10.1. The molecule has 0 spiro atoms. The highest BCUT2D eigenvalue weighted by Crippen LogP contribution is 2.47. The molecule has 2 aromatic rings. The van der Waals surface area contributed by atoms with Gasteiger partial charge in [0.05, 0.1) is 0 Å². The van der Waals surface area contributed by atoms with Gasteiger partial charge in [0.1, 0.15) is 0 Å². The Morgan fingerprint density at radius 3 is 2.54 bits per heavy atom. The van der Waals surface area contributed by atoms with Gasteiger partial charge in [0.2, 0.25) is 0 Å². The number of benzene rings is 2. The van der Waals surface area contributed by atoms with Crippen molar-refractivity contribution in [2.45, 2.75) is 65.7 Å². The van der Waals surface area contributed by atoms with Crippen LogP contribution in [0.5, 0.6) is 0 Å². The molecule has 0 radical (unpaired) electrons. The number of anilines is 1. The highest BCUT2D eigenvalue weighted by molar-refractivity contribution is 5.62. The van der Waals surface area contributed by atoms with E-state index in [1.807, 2.05) is 0 Å². The first-order valence-corrected chi connectivity index (χ1v) is 10.9. The van der Waals surface area contributed by atoms with Crippen LogP contribution in [-0.4, -0.2) is 6.54 Å². The zero-order valence-corrected chi connectivity index (χ0v) is 18.3. The van der Waals surface area contributed by atoms with E-state index in [0.29, 0.717) is 17.8 Å². The molecule has 3 atom stereocenters. The van der Waals surface area contributed by atoms with Crippen molar-refractivity contribution in [2.24, 2.45) is 11.3 Å². The minimum absolute atomic E-state index is 0.283. The SMILES string of the molecule is C=C(C)N1CCC(C(C)(C)C)c2cc(CC3Cc4ccccc4C3C)ccc21. The largest absolute Gasteiger partial charge is 0.346 e. The van der Waals surface area contributed by atoms with Crippen LogP contribution in [0.1, 0.15) is 75.1 Å². The van der Waals surface area contributed by atoms with Crippen molar-refractivity contribution in [3.05, 3.63) is 77.0 Å². The van der Waals surface area contributed by atoms with Gasteiger partial charge in [-0.3, -0.25) is 0 Å². The van der Waals surface area contributed by atoms with Gasteiger partial charge in [0, 0.05) is 17.9 Å². The van der Waals surface area contributed by atoms with Crippen LogP contribution in [0.3, 0.4) is 0 Å². The van der Waals surface area contributed by atoms with E-state index in [1.165, 1.54) is 36.1 Å². The maximum atomic E-state index is 4.23. The first-order valence-electron chi connectivity index (χ1n) is 10.9. The van der Waals surface area contributed by atoms with Gasteiger partial charge in [-0.05, 0) is 77.7 Å². The van der Waals surface area contributed by atoms with E-state index >= 15 is 0 Å². The maximum Gasteiger partial charge on any atom is 0.0443 e. The van der Waals surface area contributed by atoms with Gasteiger partial charge < -0.3 is 4.90 Å². The molecule has 2 aromatic carbocycles. The highest BCUT2D eigenvalue weighted by atomic mass is 15.1. The summed E-state index contributed by atoms with van der Waals surface area (Å²) in [6, 6.07) is 16.3. The van der Waals surface area contributed by atoms with Gasteiger partial charge in [-0.15, -0.1) is 0 Å². The predicted octanol–water partition coefficient (Wildman–Crippen LogP) is 7.08. The molecule has 1 aliphatic heterocycles. The van der Waals surface area contributed by atoms with Crippen molar-refractivity contribution >= 4 is 5.69 Å². The summed E-state index contributed by atoms with van der Waals surface area (Å²) in [7, 11) is 0. The van der Waals surface area contributed by atoms with Crippen LogP contribution in [0.4, 0.5) is 5.69 Å². The molecule has 0 aromatic heterocycles. The lowest BCUT2D eigenvalue weighted by Gasteiger charge is -2.41. The van der Waals surface area contributed by atoms with Gasteiger partial charge in [-0.25, -0.2) is 0 Å². The topological polar surface area (TPSA) is 3.24 Å². The molecule has 1 heterocycles. The Kier molecular flexibility index (Phi) is 4.89. The molecule has 0 saturated heterocycles. The Morgan fingerprint density at radius 1 is 1.11 bits per heavy atom.